The van der Waals surface area contributed by atoms with Crippen LogP contribution in [-0.4, -0.2) is 55.5 Å². The highest BCUT2D eigenvalue weighted by molar-refractivity contribution is 5.94. The predicted octanol–water partition coefficient (Wildman–Crippen LogP) is 4.09. The van der Waals surface area contributed by atoms with Crippen molar-refractivity contribution < 1.29 is 33.3 Å². The first-order valence-electron chi connectivity index (χ1n) is 11.8. The lowest BCUT2D eigenvalue weighted by Crippen LogP contribution is -2.57. The molecule has 0 fully saturated rings. The molecule has 2 aromatic carbocycles. The highest BCUT2D eigenvalue weighted by Gasteiger charge is 2.57. The van der Waals surface area contributed by atoms with Gasteiger partial charge in [-0.25, -0.2) is 9.18 Å². The number of carboxylic acid groups (broad SMARTS) is 1. The molecule has 4 rings (SSSR count). The lowest BCUT2D eigenvalue weighted by Gasteiger charge is -2.47. The van der Waals surface area contributed by atoms with E-state index >= 15 is 0 Å². The number of esters is 1. The Kier molecular flexibility index (Phi) is 8.71. The first-order chi connectivity index (χ1) is 17.2. The maximum Gasteiger partial charge on any atom is 0.336 e. The molecule has 2 N–H and O–H groups in total. The number of aliphatic carboxylic acids is 1. The highest BCUT2D eigenvalue weighted by Crippen LogP contribution is 2.54. The Hall–Kier alpha value is -3.30. The molecule has 2 aliphatic heterocycles. The fourth-order valence-corrected chi connectivity index (χ4v) is 5.38. The van der Waals surface area contributed by atoms with Crippen LogP contribution in [0.5, 0.6) is 11.5 Å². The Labute approximate surface area is 221 Å². The molecule has 0 saturated carbocycles. The Bertz CT molecular complexity index is 1190. The Morgan fingerprint density at radius 2 is 1.92 bits per heavy atom. The average Bonchev–Trinajstić information content (AvgIpc) is 3.33. The van der Waals surface area contributed by atoms with Crippen molar-refractivity contribution in [3.05, 3.63) is 70.7 Å². The molecule has 8 nitrogen and oxygen atoms in total. The van der Waals surface area contributed by atoms with Crippen LogP contribution in [-0.2, 0) is 20.9 Å². The third-order valence-electron chi connectivity index (χ3n) is 7.23. The van der Waals surface area contributed by atoms with E-state index in [4.69, 9.17) is 14.2 Å². The summed E-state index contributed by atoms with van der Waals surface area (Å²) < 4.78 is 29.7. The van der Waals surface area contributed by atoms with Gasteiger partial charge in [0.1, 0.15) is 11.2 Å². The van der Waals surface area contributed by atoms with E-state index in [1.54, 1.807) is 37.3 Å². The van der Waals surface area contributed by atoms with Crippen molar-refractivity contribution in [2.24, 2.45) is 5.41 Å². The number of para-hydroxylation sites is 1. The average molecular weight is 535 g/mol. The van der Waals surface area contributed by atoms with E-state index in [0.717, 1.165) is 5.56 Å². The lowest BCUT2D eigenvalue weighted by molar-refractivity contribution is -0.154. The van der Waals surface area contributed by atoms with Gasteiger partial charge in [0.15, 0.2) is 11.5 Å². The molecule has 3 atom stereocenters. The maximum atomic E-state index is 13.3. The minimum Gasteiger partial charge on any atom is -0.481 e. The van der Waals surface area contributed by atoms with E-state index in [1.807, 2.05) is 18.9 Å². The number of rotatable bonds is 8. The van der Waals surface area contributed by atoms with E-state index in [0.29, 0.717) is 35.8 Å². The normalized spacial score (nSPS) is 22.3. The Morgan fingerprint density at radius 3 is 2.57 bits per heavy atom. The third-order valence-corrected chi connectivity index (χ3v) is 7.23. The number of hydrogen-bond acceptors (Lipinski definition) is 7. The van der Waals surface area contributed by atoms with Crippen molar-refractivity contribution in [3.8, 4) is 11.5 Å². The molecule has 0 bridgehead atoms. The van der Waals surface area contributed by atoms with Gasteiger partial charge in [-0.05, 0) is 57.6 Å². The number of nitrogens with zero attached hydrogens (tertiary/aromatic N) is 1. The number of halogens is 2. The van der Waals surface area contributed by atoms with Crippen LogP contribution in [0.15, 0.2) is 53.7 Å². The van der Waals surface area contributed by atoms with Gasteiger partial charge in [-0.3, -0.25) is 4.79 Å². The number of methoxy groups -OCH3 is 1. The van der Waals surface area contributed by atoms with Gasteiger partial charge in [0.25, 0.3) is 0 Å². The first kappa shape index (κ1) is 28.3. The monoisotopic (exact) mass is 534 g/mol. The van der Waals surface area contributed by atoms with Crippen molar-refractivity contribution >= 4 is 24.3 Å². The predicted molar refractivity (Wildman–Crippen MR) is 137 cm³/mol. The summed E-state index contributed by atoms with van der Waals surface area (Å²) in [5.74, 6) is -1.85. The zero-order valence-electron chi connectivity index (χ0n) is 21.2. The van der Waals surface area contributed by atoms with Crippen LogP contribution in [0.2, 0.25) is 0 Å². The molecule has 2 aliphatic rings. The highest BCUT2D eigenvalue weighted by atomic mass is 35.5. The second-order valence-corrected chi connectivity index (χ2v) is 9.37. The fourth-order valence-electron chi connectivity index (χ4n) is 5.38. The largest absolute Gasteiger partial charge is 0.481 e. The lowest BCUT2D eigenvalue weighted by atomic mass is 9.60. The smallest absolute Gasteiger partial charge is 0.336 e. The van der Waals surface area contributed by atoms with Gasteiger partial charge in [0.2, 0.25) is 6.79 Å². The van der Waals surface area contributed by atoms with Gasteiger partial charge in [-0.2, -0.15) is 0 Å². The van der Waals surface area contributed by atoms with Crippen molar-refractivity contribution in [1.29, 1.82) is 0 Å². The summed E-state index contributed by atoms with van der Waals surface area (Å²) in [6.07, 6.45) is 0.219. The van der Waals surface area contributed by atoms with Crippen LogP contribution in [0.4, 0.5) is 4.39 Å². The van der Waals surface area contributed by atoms with E-state index in [-0.39, 0.29) is 37.0 Å². The summed E-state index contributed by atoms with van der Waals surface area (Å²) in [5, 5.41) is 14.0. The number of ether oxygens (including phenoxy) is 3. The number of carbonyl (C=O) groups is 2. The fraction of sp³-hybridized carbons (Fsp3) is 0.407. The summed E-state index contributed by atoms with van der Waals surface area (Å²) in [6.45, 7) is 4.51. The Balaban J connectivity index is 0.00000380. The summed E-state index contributed by atoms with van der Waals surface area (Å²) in [6, 6.07) is 11.0. The van der Waals surface area contributed by atoms with Crippen LogP contribution in [0.25, 0.3) is 0 Å². The minimum absolute atomic E-state index is 0. The molecule has 0 radical (unpaired) electrons. The summed E-state index contributed by atoms with van der Waals surface area (Å²) >= 11 is 0. The van der Waals surface area contributed by atoms with Crippen LogP contribution in [0.3, 0.4) is 0 Å². The number of benzene rings is 2. The van der Waals surface area contributed by atoms with Gasteiger partial charge >= 0.3 is 11.9 Å². The number of carbonyl (C=O) groups excluding carboxylic acids is 1. The molecule has 200 valence electrons. The van der Waals surface area contributed by atoms with Crippen LogP contribution >= 0.6 is 12.4 Å². The second-order valence-electron chi connectivity index (χ2n) is 9.37. The number of carboxylic acids is 1. The van der Waals surface area contributed by atoms with Crippen LogP contribution in [0, 0.1) is 11.2 Å². The van der Waals surface area contributed by atoms with Gasteiger partial charge in [-0.1, -0.05) is 24.3 Å². The van der Waals surface area contributed by atoms with E-state index in [2.05, 4.69) is 5.32 Å². The van der Waals surface area contributed by atoms with E-state index in [9.17, 15) is 19.1 Å². The van der Waals surface area contributed by atoms with Crippen molar-refractivity contribution in [2.45, 2.75) is 38.8 Å². The molecule has 0 amide bonds. The SMILES string of the molecule is COC(=O)C1=C(C)NC(C)C(CCN(C)Cc2ccc(F)cc2)(C(=O)O)C1c1cccc2c1OCO2.Cl. The van der Waals surface area contributed by atoms with Gasteiger partial charge in [0, 0.05) is 29.8 Å². The molecule has 0 spiro atoms. The molecule has 3 unspecified atom stereocenters. The molecule has 2 heterocycles. The van der Waals surface area contributed by atoms with E-state index < -0.39 is 29.3 Å². The zero-order valence-corrected chi connectivity index (χ0v) is 22.1. The van der Waals surface area contributed by atoms with Crippen molar-refractivity contribution in [3.63, 3.8) is 0 Å². The first-order valence-corrected chi connectivity index (χ1v) is 11.8. The molecule has 37 heavy (non-hydrogen) atoms. The van der Waals surface area contributed by atoms with Gasteiger partial charge < -0.3 is 29.5 Å². The number of allylic oxidation sites excluding steroid dienone is 1. The molecule has 0 aromatic heterocycles. The number of hydrogen-bond donors (Lipinski definition) is 2. The quantitative estimate of drug-likeness (QED) is 0.489. The molecule has 0 saturated heterocycles. The van der Waals surface area contributed by atoms with E-state index in [1.165, 1.54) is 19.2 Å². The maximum absolute atomic E-state index is 13.3. The third kappa shape index (κ3) is 5.24. The zero-order chi connectivity index (χ0) is 26.0. The topological polar surface area (TPSA) is 97.3 Å². The van der Waals surface area contributed by atoms with Crippen molar-refractivity contribution in [2.75, 3.05) is 27.5 Å². The standard InChI is InChI=1S/C27H31FN2O6.ClH/c1-16-22(25(31)34-4)23(20-6-5-7-21-24(20)36-15-35-21)27(26(32)33,17(2)29-16)12-13-30(3)14-18-8-10-19(28)11-9-18;/h5-11,17,23,29H,12-15H2,1-4H3,(H,32,33);1H. The minimum atomic E-state index is -1.42. The van der Waals surface area contributed by atoms with Gasteiger partial charge in [-0.15, -0.1) is 12.4 Å². The molecular formula is C27H32ClFN2O6. The molecule has 2 aromatic rings. The number of nitrogens with one attached hydrogen (secondary N) is 1. The molecule has 10 heteroatoms. The second kappa shape index (κ2) is 11.4. The summed E-state index contributed by atoms with van der Waals surface area (Å²) in [4.78, 5) is 28.2. The molecule has 0 aliphatic carbocycles. The van der Waals surface area contributed by atoms with Crippen LogP contribution in [0.1, 0.15) is 37.3 Å². The molecular weight excluding hydrogens is 503 g/mol. The number of fused-ring (bicyclic) bond motifs is 1. The summed E-state index contributed by atoms with van der Waals surface area (Å²) in [7, 11) is 3.17. The van der Waals surface area contributed by atoms with Gasteiger partial charge in [0.05, 0.1) is 12.7 Å². The Morgan fingerprint density at radius 1 is 1.22 bits per heavy atom. The van der Waals surface area contributed by atoms with Crippen LogP contribution < -0.4 is 14.8 Å². The van der Waals surface area contributed by atoms with Crippen molar-refractivity contribution in [1.82, 2.24) is 10.2 Å². The summed E-state index contributed by atoms with van der Waals surface area (Å²) in [5.41, 5.74) is 0.880.